The van der Waals surface area contributed by atoms with E-state index in [0.29, 0.717) is 17.6 Å². The number of phosphoric ester groups is 1. The second-order valence-corrected chi connectivity index (χ2v) is 16.4. The van der Waals surface area contributed by atoms with Crippen LogP contribution in [0.15, 0.2) is 85.1 Å². The molecule has 0 aromatic heterocycles. The molecule has 8 nitrogen and oxygen atoms in total. The second kappa shape index (κ2) is 38.5. The van der Waals surface area contributed by atoms with E-state index in [2.05, 4.69) is 98.9 Å². The molecule has 2 atom stereocenters. The summed E-state index contributed by atoms with van der Waals surface area (Å²) in [5.74, 6) is -0.353. The van der Waals surface area contributed by atoms with E-state index in [0.717, 1.165) is 96.3 Å². The van der Waals surface area contributed by atoms with Crippen LogP contribution < -0.4 is 0 Å². The molecular formula is C46H81NO7P+. The van der Waals surface area contributed by atoms with Crippen molar-refractivity contribution in [2.45, 2.75) is 148 Å². The number of quaternary nitrogens is 1. The first-order valence-corrected chi connectivity index (χ1v) is 22.8. The summed E-state index contributed by atoms with van der Waals surface area (Å²) in [7, 11) is 1.62. The number of carbonyl (C=O) groups is 1. The molecule has 0 fully saturated rings. The van der Waals surface area contributed by atoms with E-state index in [4.69, 9.17) is 18.5 Å². The monoisotopic (exact) mass is 791 g/mol. The fourth-order valence-corrected chi connectivity index (χ4v) is 5.89. The van der Waals surface area contributed by atoms with Gasteiger partial charge in [0.05, 0.1) is 34.4 Å². The Kier molecular flexibility index (Phi) is 36.9. The zero-order chi connectivity index (χ0) is 40.6. The van der Waals surface area contributed by atoms with E-state index >= 15 is 0 Å². The maximum Gasteiger partial charge on any atom is 0.472 e. The lowest BCUT2D eigenvalue weighted by molar-refractivity contribution is -0.870. The van der Waals surface area contributed by atoms with E-state index < -0.39 is 13.9 Å². The lowest BCUT2D eigenvalue weighted by Crippen LogP contribution is -2.37. The molecule has 0 aliphatic heterocycles. The molecule has 55 heavy (non-hydrogen) atoms. The van der Waals surface area contributed by atoms with E-state index in [1.807, 2.05) is 21.1 Å². The lowest BCUT2D eigenvalue weighted by atomic mass is 10.1. The van der Waals surface area contributed by atoms with Gasteiger partial charge >= 0.3 is 13.8 Å². The van der Waals surface area contributed by atoms with Crippen LogP contribution >= 0.6 is 7.82 Å². The number of esters is 1. The Hall–Kier alpha value is -2.32. The Morgan fingerprint density at radius 1 is 0.582 bits per heavy atom. The molecule has 0 amide bonds. The molecule has 9 heteroatoms. The summed E-state index contributed by atoms with van der Waals surface area (Å²) < 4.78 is 34.9. The predicted octanol–water partition coefficient (Wildman–Crippen LogP) is 12.5. The third-order valence-corrected chi connectivity index (χ3v) is 9.41. The third-order valence-electron chi connectivity index (χ3n) is 8.42. The molecule has 0 saturated heterocycles. The zero-order valence-electron chi connectivity index (χ0n) is 35.6. The topological polar surface area (TPSA) is 91.3 Å². The summed E-state index contributed by atoms with van der Waals surface area (Å²) in [5, 5.41) is 0. The van der Waals surface area contributed by atoms with Gasteiger partial charge in [0, 0.05) is 13.0 Å². The standard InChI is InChI=1S/C46H80NO7P/c1-6-8-10-12-14-16-18-20-22-23-24-25-26-27-29-31-33-35-37-39-46(48)54-45(44-53-55(49,50)52-42-40-47(3,4)5)43-51-41-38-36-34-32-30-28-21-19-17-15-13-11-9-7-2/h8,10-11,13-14,16-17,19-20,22,24-25,27,29,45H,6-7,9,12,15,18,21,23,26,28,30-44H2,1-5H3/p+1/b10-8-,13-11-,16-14-,19-17-,22-20-,25-24-,29-27-. The van der Waals surface area contributed by atoms with Crippen LogP contribution in [-0.4, -0.2) is 75.6 Å². The summed E-state index contributed by atoms with van der Waals surface area (Å²) >= 11 is 0. The summed E-state index contributed by atoms with van der Waals surface area (Å²) in [6.07, 6.45) is 50.4. The number of phosphoric acid groups is 1. The number of carbonyl (C=O) groups excluding carboxylic acids is 1. The molecule has 0 saturated carbocycles. The summed E-state index contributed by atoms with van der Waals surface area (Å²) in [5.41, 5.74) is 0. The fraction of sp³-hybridized carbons (Fsp3) is 0.674. The summed E-state index contributed by atoms with van der Waals surface area (Å²) in [6, 6.07) is 0. The van der Waals surface area contributed by atoms with E-state index in [9.17, 15) is 14.3 Å². The first-order valence-electron chi connectivity index (χ1n) is 21.3. The van der Waals surface area contributed by atoms with Gasteiger partial charge in [-0.05, 0) is 83.5 Å². The van der Waals surface area contributed by atoms with Crippen LogP contribution in [0.25, 0.3) is 0 Å². The van der Waals surface area contributed by atoms with Gasteiger partial charge in [0.1, 0.15) is 19.3 Å². The number of hydrogen-bond acceptors (Lipinski definition) is 6. The average Bonchev–Trinajstić information content (AvgIpc) is 3.13. The fourth-order valence-electron chi connectivity index (χ4n) is 5.14. The minimum Gasteiger partial charge on any atom is -0.457 e. The van der Waals surface area contributed by atoms with E-state index in [1.165, 1.54) is 25.7 Å². The van der Waals surface area contributed by atoms with Crippen LogP contribution in [0.5, 0.6) is 0 Å². The average molecular weight is 791 g/mol. The van der Waals surface area contributed by atoms with Gasteiger partial charge in [0.25, 0.3) is 0 Å². The Balaban J connectivity index is 4.36. The Morgan fingerprint density at radius 3 is 1.58 bits per heavy atom. The van der Waals surface area contributed by atoms with Gasteiger partial charge < -0.3 is 18.9 Å². The van der Waals surface area contributed by atoms with Gasteiger partial charge in [0.15, 0.2) is 0 Å². The molecule has 0 aliphatic carbocycles. The van der Waals surface area contributed by atoms with Gasteiger partial charge in [0.2, 0.25) is 0 Å². The van der Waals surface area contributed by atoms with Crippen LogP contribution in [0, 0.1) is 0 Å². The van der Waals surface area contributed by atoms with Crippen LogP contribution in [0.2, 0.25) is 0 Å². The number of nitrogens with zero attached hydrogens (tertiary/aromatic N) is 1. The quantitative estimate of drug-likeness (QED) is 0.0219. The maximum atomic E-state index is 12.7. The molecule has 2 unspecified atom stereocenters. The molecule has 0 spiro atoms. The first kappa shape index (κ1) is 52.7. The van der Waals surface area contributed by atoms with Crippen LogP contribution in [-0.2, 0) is 27.9 Å². The largest absolute Gasteiger partial charge is 0.472 e. The number of allylic oxidation sites excluding steroid dienone is 14. The molecule has 0 aliphatic rings. The van der Waals surface area contributed by atoms with E-state index in [-0.39, 0.29) is 32.2 Å². The molecule has 0 heterocycles. The van der Waals surface area contributed by atoms with Gasteiger partial charge in [-0.2, -0.15) is 0 Å². The molecule has 0 bridgehead atoms. The molecule has 0 aromatic carbocycles. The van der Waals surface area contributed by atoms with Gasteiger partial charge in [-0.25, -0.2) is 4.57 Å². The number of likely N-dealkylation sites (N-methyl/N-ethyl adjacent to an activating group) is 1. The van der Waals surface area contributed by atoms with Crippen molar-refractivity contribution in [3.8, 4) is 0 Å². The highest BCUT2D eigenvalue weighted by atomic mass is 31.2. The number of rotatable bonds is 38. The number of ether oxygens (including phenoxy) is 2. The molecule has 316 valence electrons. The van der Waals surface area contributed by atoms with Gasteiger partial charge in [-0.1, -0.05) is 137 Å². The highest BCUT2D eigenvalue weighted by Gasteiger charge is 2.26. The number of unbranched alkanes of at least 4 members (excludes halogenated alkanes) is 10. The van der Waals surface area contributed by atoms with Crippen molar-refractivity contribution in [1.29, 1.82) is 0 Å². The van der Waals surface area contributed by atoms with Crippen molar-refractivity contribution < 1.29 is 37.3 Å². The molecule has 0 aromatic rings. The molecule has 0 radical (unpaired) electrons. The maximum absolute atomic E-state index is 12.7. The van der Waals surface area contributed by atoms with Crippen LogP contribution in [0.1, 0.15) is 142 Å². The van der Waals surface area contributed by atoms with Crippen molar-refractivity contribution in [3.05, 3.63) is 85.1 Å². The third kappa shape index (κ3) is 42.7. The van der Waals surface area contributed by atoms with Crippen LogP contribution in [0.4, 0.5) is 0 Å². The first-order chi connectivity index (χ1) is 26.6. The van der Waals surface area contributed by atoms with Crippen molar-refractivity contribution in [1.82, 2.24) is 0 Å². The van der Waals surface area contributed by atoms with Crippen molar-refractivity contribution in [3.63, 3.8) is 0 Å². The normalized spacial score (nSPS) is 14.7. The minimum absolute atomic E-state index is 0.0747. The lowest BCUT2D eigenvalue weighted by Gasteiger charge is -2.24. The Bertz CT molecular complexity index is 1150. The summed E-state index contributed by atoms with van der Waals surface area (Å²) in [4.78, 5) is 22.9. The highest BCUT2D eigenvalue weighted by Crippen LogP contribution is 2.43. The van der Waals surface area contributed by atoms with Crippen molar-refractivity contribution >= 4 is 13.8 Å². The van der Waals surface area contributed by atoms with Gasteiger partial charge in [-0.15, -0.1) is 0 Å². The van der Waals surface area contributed by atoms with Crippen molar-refractivity contribution in [2.75, 3.05) is 54.1 Å². The predicted molar refractivity (Wildman–Crippen MR) is 233 cm³/mol. The second-order valence-electron chi connectivity index (χ2n) is 15.0. The highest BCUT2D eigenvalue weighted by molar-refractivity contribution is 7.47. The van der Waals surface area contributed by atoms with Crippen molar-refractivity contribution in [2.24, 2.45) is 0 Å². The molecular weight excluding hydrogens is 709 g/mol. The SMILES string of the molecule is CC/C=C\C/C=C\C/C=C\C/C=C\C/C=C\CCCCCC(=O)OC(COCCCCCCCC/C=C\C/C=C\CCC)COP(=O)(O)OCC[N+](C)(C)C. The number of hydrogen-bond donors (Lipinski definition) is 1. The van der Waals surface area contributed by atoms with Crippen LogP contribution in [0.3, 0.4) is 0 Å². The molecule has 0 rings (SSSR count). The zero-order valence-corrected chi connectivity index (χ0v) is 36.5. The van der Waals surface area contributed by atoms with E-state index in [1.54, 1.807) is 0 Å². The molecule has 1 N–H and O–H groups in total. The minimum atomic E-state index is -4.29. The smallest absolute Gasteiger partial charge is 0.457 e. The Morgan fingerprint density at radius 2 is 1.05 bits per heavy atom. The Labute approximate surface area is 337 Å². The van der Waals surface area contributed by atoms with Gasteiger partial charge in [-0.3, -0.25) is 13.8 Å². The summed E-state index contributed by atoms with van der Waals surface area (Å²) in [6.45, 7) is 5.34.